The van der Waals surface area contributed by atoms with Gasteiger partial charge >= 0.3 is 5.97 Å². The Morgan fingerprint density at radius 2 is 1.77 bits per heavy atom. The molecular weight excluding hydrogens is 168 g/mol. The lowest BCUT2D eigenvalue weighted by atomic mass is 10.1. The van der Waals surface area contributed by atoms with Crippen LogP contribution in [0.2, 0.25) is 0 Å². The molecule has 1 unspecified atom stereocenters. The van der Waals surface area contributed by atoms with E-state index in [4.69, 9.17) is 4.74 Å². The number of Topliss-reactive ketones (excluding diaryl/α,β-unsaturated/α-hetero) is 1. The SMILES string of the molecule is CCCC(OC(=O)CC)C(=O)CC. The molecule has 0 spiro atoms. The summed E-state index contributed by atoms with van der Waals surface area (Å²) in [5, 5.41) is 0. The fourth-order valence-electron chi connectivity index (χ4n) is 1.02. The van der Waals surface area contributed by atoms with Gasteiger partial charge in [-0.05, 0) is 6.42 Å². The molecule has 13 heavy (non-hydrogen) atoms. The van der Waals surface area contributed by atoms with E-state index in [0.717, 1.165) is 6.42 Å². The first-order valence-electron chi connectivity index (χ1n) is 4.87. The molecule has 0 aliphatic heterocycles. The summed E-state index contributed by atoms with van der Waals surface area (Å²) in [6.07, 6.45) is 1.74. The summed E-state index contributed by atoms with van der Waals surface area (Å²) in [7, 11) is 0. The van der Waals surface area contributed by atoms with Gasteiger partial charge in [0.2, 0.25) is 0 Å². The van der Waals surface area contributed by atoms with Crippen molar-refractivity contribution in [3.05, 3.63) is 0 Å². The summed E-state index contributed by atoms with van der Waals surface area (Å²) in [5.41, 5.74) is 0. The van der Waals surface area contributed by atoms with Crippen LogP contribution in [0.25, 0.3) is 0 Å². The van der Waals surface area contributed by atoms with Crippen LogP contribution in [0.5, 0.6) is 0 Å². The van der Waals surface area contributed by atoms with E-state index in [1.54, 1.807) is 13.8 Å². The van der Waals surface area contributed by atoms with Gasteiger partial charge in [0.1, 0.15) is 0 Å². The summed E-state index contributed by atoms with van der Waals surface area (Å²) in [6, 6.07) is 0. The summed E-state index contributed by atoms with van der Waals surface area (Å²) >= 11 is 0. The van der Waals surface area contributed by atoms with Gasteiger partial charge in [-0.15, -0.1) is 0 Å². The maximum absolute atomic E-state index is 11.3. The first-order chi connectivity index (χ1) is 6.15. The highest BCUT2D eigenvalue weighted by Crippen LogP contribution is 2.07. The fraction of sp³-hybridized carbons (Fsp3) is 0.800. The minimum absolute atomic E-state index is 0.0173. The first kappa shape index (κ1) is 12.1. The fourth-order valence-corrected chi connectivity index (χ4v) is 1.02. The zero-order valence-corrected chi connectivity index (χ0v) is 8.63. The Hall–Kier alpha value is -0.860. The molecule has 0 heterocycles. The largest absolute Gasteiger partial charge is 0.454 e. The molecule has 0 aliphatic carbocycles. The maximum atomic E-state index is 11.3. The minimum atomic E-state index is -0.512. The van der Waals surface area contributed by atoms with Gasteiger partial charge in [-0.2, -0.15) is 0 Å². The number of esters is 1. The zero-order chi connectivity index (χ0) is 10.3. The lowest BCUT2D eigenvalue weighted by molar-refractivity contribution is -0.155. The molecule has 3 nitrogen and oxygen atoms in total. The van der Waals surface area contributed by atoms with Crippen molar-refractivity contribution in [3.8, 4) is 0 Å². The van der Waals surface area contributed by atoms with Crippen LogP contribution in [0.4, 0.5) is 0 Å². The Labute approximate surface area is 79.5 Å². The number of ether oxygens (including phenoxy) is 1. The molecule has 0 aliphatic rings. The van der Waals surface area contributed by atoms with E-state index >= 15 is 0 Å². The van der Waals surface area contributed by atoms with E-state index in [2.05, 4.69) is 0 Å². The molecule has 0 fully saturated rings. The number of rotatable bonds is 6. The number of ketones is 1. The number of hydrogen-bond donors (Lipinski definition) is 0. The molecule has 0 aromatic carbocycles. The van der Waals surface area contributed by atoms with Crippen LogP contribution in [0.1, 0.15) is 46.5 Å². The molecular formula is C10H18O3. The normalized spacial score (nSPS) is 12.2. The van der Waals surface area contributed by atoms with Gasteiger partial charge < -0.3 is 4.74 Å². The van der Waals surface area contributed by atoms with E-state index in [-0.39, 0.29) is 11.8 Å². The average Bonchev–Trinajstić information content (AvgIpc) is 2.15. The van der Waals surface area contributed by atoms with E-state index in [0.29, 0.717) is 19.3 Å². The highest BCUT2D eigenvalue weighted by molar-refractivity contribution is 5.85. The Morgan fingerprint density at radius 1 is 1.15 bits per heavy atom. The van der Waals surface area contributed by atoms with Crippen molar-refractivity contribution in [3.63, 3.8) is 0 Å². The van der Waals surface area contributed by atoms with Crippen LogP contribution < -0.4 is 0 Å². The van der Waals surface area contributed by atoms with E-state index in [9.17, 15) is 9.59 Å². The average molecular weight is 186 g/mol. The van der Waals surface area contributed by atoms with Crippen molar-refractivity contribution in [1.82, 2.24) is 0 Å². The van der Waals surface area contributed by atoms with Gasteiger partial charge in [0.05, 0.1) is 0 Å². The van der Waals surface area contributed by atoms with Crippen molar-refractivity contribution < 1.29 is 14.3 Å². The van der Waals surface area contributed by atoms with Gasteiger partial charge in [0, 0.05) is 12.8 Å². The lowest BCUT2D eigenvalue weighted by Gasteiger charge is -2.14. The highest BCUT2D eigenvalue weighted by atomic mass is 16.5. The minimum Gasteiger partial charge on any atom is -0.454 e. The zero-order valence-electron chi connectivity index (χ0n) is 8.63. The van der Waals surface area contributed by atoms with Crippen LogP contribution in [-0.4, -0.2) is 17.9 Å². The topological polar surface area (TPSA) is 43.4 Å². The molecule has 0 radical (unpaired) electrons. The van der Waals surface area contributed by atoms with Crippen LogP contribution in [0.3, 0.4) is 0 Å². The second-order valence-corrected chi connectivity index (χ2v) is 2.94. The van der Waals surface area contributed by atoms with E-state index in [1.165, 1.54) is 0 Å². The van der Waals surface area contributed by atoms with Crippen molar-refractivity contribution in [2.75, 3.05) is 0 Å². The second-order valence-electron chi connectivity index (χ2n) is 2.94. The molecule has 0 saturated carbocycles. The Balaban J connectivity index is 4.08. The quantitative estimate of drug-likeness (QED) is 0.596. The molecule has 0 rings (SSSR count). The van der Waals surface area contributed by atoms with Gasteiger partial charge in [0.25, 0.3) is 0 Å². The summed E-state index contributed by atoms with van der Waals surface area (Å²) < 4.78 is 5.00. The molecule has 0 aromatic heterocycles. The van der Waals surface area contributed by atoms with Crippen molar-refractivity contribution in [1.29, 1.82) is 0 Å². The smallest absolute Gasteiger partial charge is 0.306 e. The van der Waals surface area contributed by atoms with Crippen LogP contribution in [-0.2, 0) is 14.3 Å². The number of hydrogen-bond acceptors (Lipinski definition) is 3. The second kappa shape index (κ2) is 6.63. The van der Waals surface area contributed by atoms with E-state index < -0.39 is 6.10 Å². The summed E-state index contributed by atoms with van der Waals surface area (Å²) in [6.45, 7) is 5.47. The molecule has 0 amide bonds. The third-order valence-corrected chi connectivity index (χ3v) is 1.82. The van der Waals surface area contributed by atoms with Gasteiger partial charge in [0.15, 0.2) is 11.9 Å². The van der Waals surface area contributed by atoms with Crippen LogP contribution in [0.15, 0.2) is 0 Å². The van der Waals surface area contributed by atoms with Crippen molar-refractivity contribution >= 4 is 11.8 Å². The van der Waals surface area contributed by atoms with Gasteiger partial charge in [-0.1, -0.05) is 27.2 Å². The monoisotopic (exact) mass is 186 g/mol. The molecule has 0 bridgehead atoms. The van der Waals surface area contributed by atoms with Crippen molar-refractivity contribution in [2.45, 2.75) is 52.6 Å². The Morgan fingerprint density at radius 3 is 2.15 bits per heavy atom. The highest BCUT2D eigenvalue weighted by Gasteiger charge is 2.18. The molecule has 1 atom stereocenters. The third kappa shape index (κ3) is 4.65. The first-order valence-corrected chi connectivity index (χ1v) is 4.87. The maximum Gasteiger partial charge on any atom is 0.306 e. The predicted molar refractivity (Wildman–Crippen MR) is 50.4 cm³/mol. The van der Waals surface area contributed by atoms with Gasteiger partial charge in [-0.25, -0.2) is 0 Å². The molecule has 3 heteroatoms. The van der Waals surface area contributed by atoms with Crippen LogP contribution in [0, 0.1) is 0 Å². The predicted octanol–water partition coefficient (Wildman–Crippen LogP) is 2.09. The summed E-state index contributed by atoms with van der Waals surface area (Å²) in [5.74, 6) is -0.274. The molecule has 0 saturated heterocycles. The molecule has 0 aromatic rings. The summed E-state index contributed by atoms with van der Waals surface area (Å²) in [4.78, 5) is 22.2. The standard InChI is InChI=1S/C10H18O3/c1-4-7-9(8(11)5-2)13-10(12)6-3/h9H,4-7H2,1-3H3. The van der Waals surface area contributed by atoms with E-state index in [1.807, 2.05) is 6.92 Å². The molecule has 0 N–H and O–H groups in total. The third-order valence-electron chi connectivity index (χ3n) is 1.82. The lowest BCUT2D eigenvalue weighted by Crippen LogP contribution is -2.26. The Kier molecular flexibility index (Phi) is 6.20. The molecule has 76 valence electrons. The van der Waals surface area contributed by atoms with Crippen molar-refractivity contribution in [2.24, 2.45) is 0 Å². The van der Waals surface area contributed by atoms with Crippen LogP contribution >= 0.6 is 0 Å². The van der Waals surface area contributed by atoms with Gasteiger partial charge in [-0.3, -0.25) is 9.59 Å². The number of carbonyl (C=O) groups is 2. The Bertz CT molecular complexity index is 175. The number of carbonyl (C=O) groups excluding carboxylic acids is 2.